The largest absolute Gasteiger partial charge is 0.325 e. The first kappa shape index (κ1) is 10.9. The van der Waals surface area contributed by atoms with Crippen LogP contribution in [-0.4, -0.2) is 15.7 Å². The van der Waals surface area contributed by atoms with Crippen molar-refractivity contribution in [2.24, 2.45) is 5.73 Å². The molecule has 0 amide bonds. The molecule has 1 aromatic heterocycles. The highest BCUT2D eigenvalue weighted by Gasteiger charge is 2.13. The van der Waals surface area contributed by atoms with Gasteiger partial charge in [0.25, 0.3) is 0 Å². The van der Waals surface area contributed by atoms with E-state index < -0.39 is 0 Å². The number of benzene rings is 1. The number of H-pyrrole nitrogens is 1. The molecular formula is C13H17N3. The molecule has 0 spiro atoms. The van der Waals surface area contributed by atoms with Gasteiger partial charge in [0.15, 0.2) is 0 Å². The number of hydrogen-bond acceptors (Lipinski definition) is 2. The van der Waals surface area contributed by atoms with Gasteiger partial charge in [-0.05, 0) is 19.9 Å². The lowest BCUT2D eigenvalue weighted by molar-refractivity contribution is 0.509. The Kier molecular flexibility index (Phi) is 2.79. The molecular weight excluding hydrogens is 198 g/mol. The molecule has 1 aromatic carbocycles. The molecule has 0 saturated carbocycles. The Morgan fingerprint density at radius 3 is 2.56 bits per heavy atom. The Morgan fingerprint density at radius 2 is 1.94 bits per heavy atom. The van der Waals surface area contributed by atoms with Crippen LogP contribution in [0, 0.1) is 0 Å². The van der Waals surface area contributed by atoms with Crippen molar-refractivity contribution in [1.82, 2.24) is 10.2 Å². The van der Waals surface area contributed by atoms with Gasteiger partial charge in [-0.1, -0.05) is 30.3 Å². The van der Waals surface area contributed by atoms with Crippen LogP contribution in [0.25, 0.3) is 11.3 Å². The van der Waals surface area contributed by atoms with Crippen LogP contribution in [0.3, 0.4) is 0 Å². The molecule has 0 aliphatic rings. The third-order valence-corrected chi connectivity index (χ3v) is 2.35. The summed E-state index contributed by atoms with van der Waals surface area (Å²) in [6, 6.07) is 12.2. The summed E-state index contributed by atoms with van der Waals surface area (Å²) in [5.41, 5.74) is 8.93. The maximum atomic E-state index is 5.97. The number of aromatic amines is 1. The van der Waals surface area contributed by atoms with Crippen molar-refractivity contribution >= 4 is 0 Å². The molecule has 0 aliphatic carbocycles. The minimum atomic E-state index is -0.208. The maximum Gasteiger partial charge on any atom is 0.0923 e. The van der Waals surface area contributed by atoms with Crippen molar-refractivity contribution in [2.45, 2.75) is 25.8 Å². The molecule has 0 aliphatic heterocycles. The minimum absolute atomic E-state index is 0.208. The van der Waals surface area contributed by atoms with E-state index in [-0.39, 0.29) is 5.54 Å². The fourth-order valence-corrected chi connectivity index (χ4v) is 1.70. The minimum Gasteiger partial charge on any atom is -0.325 e. The molecule has 3 N–H and O–H groups in total. The third kappa shape index (κ3) is 2.70. The lowest BCUT2D eigenvalue weighted by Gasteiger charge is -2.16. The summed E-state index contributed by atoms with van der Waals surface area (Å²) in [6.45, 7) is 4.02. The number of nitrogens with zero attached hydrogens (tertiary/aromatic N) is 1. The third-order valence-electron chi connectivity index (χ3n) is 2.35. The fraction of sp³-hybridized carbons (Fsp3) is 0.308. The van der Waals surface area contributed by atoms with Crippen molar-refractivity contribution < 1.29 is 0 Å². The van der Waals surface area contributed by atoms with E-state index in [1.165, 1.54) is 0 Å². The Balaban J connectivity index is 2.21. The molecule has 0 fully saturated rings. The van der Waals surface area contributed by atoms with Gasteiger partial charge in [0.1, 0.15) is 0 Å². The van der Waals surface area contributed by atoms with E-state index in [1.807, 2.05) is 44.2 Å². The van der Waals surface area contributed by atoms with Crippen molar-refractivity contribution in [3.8, 4) is 11.3 Å². The normalized spacial score (nSPS) is 11.7. The first-order valence-electron chi connectivity index (χ1n) is 5.43. The van der Waals surface area contributed by atoms with Crippen LogP contribution in [0.1, 0.15) is 19.5 Å². The summed E-state index contributed by atoms with van der Waals surface area (Å²) in [5, 5.41) is 7.32. The average Bonchev–Trinajstić information content (AvgIpc) is 2.65. The van der Waals surface area contributed by atoms with Crippen molar-refractivity contribution in [3.63, 3.8) is 0 Å². The number of nitrogens with two attached hydrogens (primary N) is 1. The zero-order valence-corrected chi connectivity index (χ0v) is 9.70. The second-order valence-corrected chi connectivity index (χ2v) is 4.81. The lowest BCUT2D eigenvalue weighted by atomic mass is 10.00. The van der Waals surface area contributed by atoms with Gasteiger partial charge in [-0.2, -0.15) is 5.10 Å². The van der Waals surface area contributed by atoms with Crippen LogP contribution in [0.4, 0.5) is 0 Å². The molecule has 0 unspecified atom stereocenters. The number of hydrogen-bond donors (Lipinski definition) is 2. The number of rotatable bonds is 3. The van der Waals surface area contributed by atoms with Gasteiger partial charge in [-0.25, -0.2) is 0 Å². The SMILES string of the molecule is CC(C)(N)Cc1cc(-c2ccccc2)n[nH]1. The quantitative estimate of drug-likeness (QED) is 0.825. The van der Waals surface area contributed by atoms with Crippen molar-refractivity contribution in [1.29, 1.82) is 0 Å². The van der Waals surface area contributed by atoms with Crippen LogP contribution in [-0.2, 0) is 6.42 Å². The molecule has 3 nitrogen and oxygen atoms in total. The maximum absolute atomic E-state index is 5.97. The van der Waals surface area contributed by atoms with Crippen LogP contribution in [0.15, 0.2) is 36.4 Å². The highest BCUT2D eigenvalue weighted by atomic mass is 15.1. The van der Waals surface area contributed by atoms with Gasteiger partial charge in [0.05, 0.1) is 5.69 Å². The molecule has 0 atom stereocenters. The average molecular weight is 215 g/mol. The Bertz CT molecular complexity index is 452. The zero-order valence-electron chi connectivity index (χ0n) is 9.70. The smallest absolute Gasteiger partial charge is 0.0923 e. The van der Waals surface area contributed by atoms with E-state index in [2.05, 4.69) is 16.3 Å². The van der Waals surface area contributed by atoms with Gasteiger partial charge < -0.3 is 5.73 Å². The molecule has 0 radical (unpaired) electrons. The number of nitrogens with one attached hydrogen (secondary N) is 1. The van der Waals surface area contributed by atoms with Gasteiger partial charge in [-0.3, -0.25) is 5.10 Å². The van der Waals surface area contributed by atoms with Crippen LogP contribution in [0.2, 0.25) is 0 Å². The summed E-state index contributed by atoms with van der Waals surface area (Å²) in [4.78, 5) is 0. The summed E-state index contributed by atoms with van der Waals surface area (Å²) in [6.07, 6.45) is 0.798. The molecule has 1 heterocycles. The van der Waals surface area contributed by atoms with E-state index in [0.717, 1.165) is 23.4 Å². The lowest BCUT2D eigenvalue weighted by Crippen LogP contribution is -2.34. The van der Waals surface area contributed by atoms with Gasteiger partial charge in [-0.15, -0.1) is 0 Å². The number of aromatic nitrogens is 2. The Labute approximate surface area is 95.7 Å². The van der Waals surface area contributed by atoms with E-state index in [1.54, 1.807) is 0 Å². The molecule has 84 valence electrons. The second-order valence-electron chi connectivity index (χ2n) is 4.81. The monoisotopic (exact) mass is 215 g/mol. The second kappa shape index (κ2) is 4.10. The first-order chi connectivity index (χ1) is 7.54. The van der Waals surface area contributed by atoms with Crippen molar-refractivity contribution in [3.05, 3.63) is 42.1 Å². The molecule has 16 heavy (non-hydrogen) atoms. The molecule has 0 saturated heterocycles. The Hall–Kier alpha value is -1.61. The van der Waals surface area contributed by atoms with E-state index in [0.29, 0.717) is 0 Å². The van der Waals surface area contributed by atoms with E-state index in [9.17, 15) is 0 Å². The summed E-state index contributed by atoms with van der Waals surface area (Å²) >= 11 is 0. The zero-order chi connectivity index (χ0) is 11.6. The highest BCUT2D eigenvalue weighted by molar-refractivity contribution is 5.58. The van der Waals surface area contributed by atoms with Gasteiger partial charge in [0, 0.05) is 23.2 Å². The fourth-order valence-electron chi connectivity index (χ4n) is 1.70. The Morgan fingerprint density at radius 1 is 1.25 bits per heavy atom. The van der Waals surface area contributed by atoms with Gasteiger partial charge in [0.2, 0.25) is 0 Å². The summed E-state index contributed by atoms with van der Waals surface area (Å²) in [7, 11) is 0. The predicted octanol–water partition coefficient (Wildman–Crippen LogP) is 2.36. The molecule has 2 rings (SSSR count). The van der Waals surface area contributed by atoms with E-state index >= 15 is 0 Å². The summed E-state index contributed by atoms with van der Waals surface area (Å²) in [5.74, 6) is 0. The predicted molar refractivity (Wildman–Crippen MR) is 66.0 cm³/mol. The van der Waals surface area contributed by atoms with Crippen LogP contribution < -0.4 is 5.73 Å². The van der Waals surface area contributed by atoms with Crippen LogP contribution in [0.5, 0.6) is 0 Å². The first-order valence-corrected chi connectivity index (χ1v) is 5.43. The standard InChI is InChI=1S/C13H17N3/c1-13(2,14)9-11-8-12(16-15-11)10-6-4-3-5-7-10/h3-8H,9,14H2,1-2H3,(H,15,16). The van der Waals surface area contributed by atoms with E-state index in [4.69, 9.17) is 5.73 Å². The topological polar surface area (TPSA) is 54.7 Å². The van der Waals surface area contributed by atoms with Gasteiger partial charge >= 0.3 is 0 Å². The highest BCUT2D eigenvalue weighted by Crippen LogP contribution is 2.18. The van der Waals surface area contributed by atoms with Crippen LogP contribution >= 0.6 is 0 Å². The molecule has 0 bridgehead atoms. The van der Waals surface area contributed by atoms with Crippen molar-refractivity contribution in [2.75, 3.05) is 0 Å². The molecule has 3 heteroatoms. The molecule has 2 aromatic rings. The summed E-state index contributed by atoms with van der Waals surface area (Å²) < 4.78 is 0.